The van der Waals surface area contributed by atoms with E-state index in [2.05, 4.69) is 21.9 Å². The summed E-state index contributed by atoms with van der Waals surface area (Å²) in [6.45, 7) is 4.32. The number of H-pyrrole nitrogens is 2. The number of rotatable bonds is 3. The number of benzene rings is 1. The first kappa shape index (κ1) is 8.62. The van der Waals surface area contributed by atoms with Gasteiger partial charge in [-0.1, -0.05) is 6.08 Å². The van der Waals surface area contributed by atoms with Crippen LogP contribution < -0.4 is 11.0 Å². The van der Waals surface area contributed by atoms with E-state index in [0.29, 0.717) is 6.54 Å². The van der Waals surface area contributed by atoms with E-state index in [1.165, 1.54) is 0 Å². The summed E-state index contributed by atoms with van der Waals surface area (Å²) in [4.78, 5) is 16.3. The van der Waals surface area contributed by atoms with Gasteiger partial charge in [-0.05, 0) is 18.2 Å². The molecule has 1 heterocycles. The van der Waals surface area contributed by atoms with Gasteiger partial charge in [0.05, 0.1) is 11.0 Å². The number of fused-ring (bicyclic) bond motifs is 1. The van der Waals surface area contributed by atoms with Crippen molar-refractivity contribution in [2.24, 2.45) is 0 Å². The third-order valence-corrected chi connectivity index (χ3v) is 1.97. The summed E-state index contributed by atoms with van der Waals surface area (Å²) in [6, 6.07) is 5.66. The maximum atomic E-state index is 11.0. The molecule has 0 aliphatic carbocycles. The van der Waals surface area contributed by atoms with Gasteiger partial charge in [-0.3, -0.25) is 0 Å². The zero-order valence-electron chi connectivity index (χ0n) is 7.63. The number of nitrogens with one attached hydrogen (secondary N) is 3. The second kappa shape index (κ2) is 3.41. The second-order valence-corrected chi connectivity index (χ2v) is 3.01. The highest BCUT2D eigenvalue weighted by Crippen LogP contribution is 2.13. The fourth-order valence-electron chi connectivity index (χ4n) is 1.33. The fourth-order valence-corrected chi connectivity index (χ4v) is 1.33. The van der Waals surface area contributed by atoms with Gasteiger partial charge in [-0.25, -0.2) is 4.79 Å². The quantitative estimate of drug-likeness (QED) is 0.640. The van der Waals surface area contributed by atoms with Crippen LogP contribution in [0.5, 0.6) is 0 Å². The Bertz CT molecular complexity index is 509. The Morgan fingerprint density at radius 1 is 1.36 bits per heavy atom. The van der Waals surface area contributed by atoms with Crippen LogP contribution in [0.25, 0.3) is 11.0 Å². The second-order valence-electron chi connectivity index (χ2n) is 3.01. The van der Waals surface area contributed by atoms with Crippen molar-refractivity contribution >= 4 is 16.7 Å². The van der Waals surface area contributed by atoms with E-state index in [1.54, 1.807) is 6.08 Å². The first-order chi connectivity index (χ1) is 6.79. The molecule has 0 saturated heterocycles. The molecule has 2 aromatic rings. The number of hydrogen-bond acceptors (Lipinski definition) is 2. The van der Waals surface area contributed by atoms with Crippen LogP contribution in [0.1, 0.15) is 0 Å². The van der Waals surface area contributed by atoms with Crippen LogP contribution in [0.15, 0.2) is 35.6 Å². The van der Waals surface area contributed by atoms with Crippen molar-refractivity contribution in [2.75, 3.05) is 11.9 Å². The van der Waals surface area contributed by atoms with Gasteiger partial charge in [0.1, 0.15) is 0 Å². The maximum absolute atomic E-state index is 11.0. The standard InChI is InChI=1S/C10H11N3O/c1-2-5-11-7-3-4-8-9(6-7)13-10(14)12-8/h2-4,6,11H,1,5H2,(H2,12,13,14). The largest absolute Gasteiger partial charge is 0.382 e. The molecule has 1 aromatic heterocycles. The van der Waals surface area contributed by atoms with Crippen molar-refractivity contribution in [1.29, 1.82) is 0 Å². The molecule has 72 valence electrons. The summed E-state index contributed by atoms with van der Waals surface area (Å²) in [6.07, 6.45) is 1.78. The predicted octanol–water partition coefficient (Wildman–Crippen LogP) is 1.45. The summed E-state index contributed by atoms with van der Waals surface area (Å²) < 4.78 is 0. The van der Waals surface area contributed by atoms with Crippen LogP contribution in [0.2, 0.25) is 0 Å². The Hall–Kier alpha value is -1.97. The number of anilines is 1. The minimum absolute atomic E-state index is 0.180. The lowest BCUT2D eigenvalue weighted by Crippen LogP contribution is -1.99. The molecule has 0 saturated carbocycles. The topological polar surface area (TPSA) is 60.7 Å². The van der Waals surface area contributed by atoms with Crippen LogP contribution in [0.4, 0.5) is 5.69 Å². The van der Waals surface area contributed by atoms with Gasteiger partial charge in [0, 0.05) is 12.2 Å². The number of aromatic amines is 2. The first-order valence-electron chi connectivity index (χ1n) is 4.36. The van der Waals surface area contributed by atoms with E-state index in [1.807, 2.05) is 18.2 Å². The van der Waals surface area contributed by atoms with Crippen molar-refractivity contribution in [3.05, 3.63) is 41.3 Å². The molecule has 14 heavy (non-hydrogen) atoms. The Morgan fingerprint density at radius 3 is 2.93 bits per heavy atom. The minimum Gasteiger partial charge on any atom is -0.382 e. The zero-order chi connectivity index (χ0) is 9.97. The molecule has 1 aromatic carbocycles. The van der Waals surface area contributed by atoms with Gasteiger partial charge in [0.15, 0.2) is 0 Å². The molecule has 0 unspecified atom stereocenters. The molecule has 0 atom stereocenters. The SMILES string of the molecule is C=CCNc1ccc2[nH]c(=O)[nH]c2c1. The van der Waals surface area contributed by atoms with Crippen molar-refractivity contribution < 1.29 is 0 Å². The van der Waals surface area contributed by atoms with Gasteiger partial charge >= 0.3 is 5.69 Å². The Morgan fingerprint density at radius 2 is 2.14 bits per heavy atom. The van der Waals surface area contributed by atoms with Crippen molar-refractivity contribution in [1.82, 2.24) is 9.97 Å². The average molecular weight is 189 g/mol. The molecular weight excluding hydrogens is 178 g/mol. The van der Waals surface area contributed by atoms with Crippen molar-refractivity contribution in [3.8, 4) is 0 Å². The Kier molecular flexibility index (Phi) is 2.10. The van der Waals surface area contributed by atoms with Gasteiger partial charge < -0.3 is 15.3 Å². The van der Waals surface area contributed by atoms with E-state index >= 15 is 0 Å². The molecule has 0 aliphatic rings. The lowest BCUT2D eigenvalue weighted by Gasteiger charge is -2.01. The summed E-state index contributed by atoms with van der Waals surface area (Å²) in [7, 11) is 0. The number of aromatic nitrogens is 2. The molecule has 0 bridgehead atoms. The molecule has 2 rings (SSSR count). The molecule has 0 amide bonds. The van der Waals surface area contributed by atoms with E-state index in [-0.39, 0.29) is 5.69 Å². The van der Waals surface area contributed by atoms with Crippen LogP contribution in [-0.4, -0.2) is 16.5 Å². The van der Waals surface area contributed by atoms with Gasteiger partial charge in [-0.15, -0.1) is 6.58 Å². The summed E-state index contributed by atoms with van der Waals surface area (Å²) >= 11 is 0. The van der Waals surface area contributed by atoms with E-state index < -0.39 is 0 Å². The van der Waals surface area contributed by atoms with Crippen LogP contribution in [0, 0.1) is 0 Å². The van der Waals surface area contributed by atoms with Crippen LogP contribution in [-0.2, 0) is 0 Å². The number of imidazole rings is 1. The fraction of sp³-hybridized carbons (Fsp3) is 0.100. The van der Waals surface area contributed by atoms with E-state index in [4.69, 9.17) is 0 Å². The summed E-state index contributed by atoms with van der Waals surface area (Å²) in [5.74, 6) is 0. The lowest BCUT2D eigenvalue weighted by molar-refractivity contribution is 1.21. The monoisotopic (exact) mass is 189 g/mol. The average Bonchev–Trinajstić information content (AvgIpc) is 2.54. The summed E-state index contributed by atoms with van der Waals surface area (Å²) in [5.41, 5.74) is 2.41. The molecule has 4 nitrogen and oxygen atoms in total. The highest BCUT2D eigenvalue weighted by Gasteiger charge is 1.98. The molecule has 0 fully saturated rings. The zero-order valence-corrected chi connectivity index (χ0v) is 7.63. The van der Waals surface area contributed by atoms with Crippen LogP contribution in [0.3, 0.4) is 0 Å². The molecule has 3 N–H and O–H groups in total. The number of hydrogen-bond donors (Lipinski definition) is 3. The third kappa shape index (κ3) is 1.54. The van der Waals surface area contributed by atoms with Crippen LogP contribution >= 0.6 is 0 Å². The van der Waals surface area contributed by atoms with E-state index in [0.717, 1.165) is 16.7 Å². The van der Waals surface area contributed by atoms with Gasteiger partial charge in [0.25, 0.3) is 0 Å². The highest BCUT2D eigenvalue weighted by molar-refractivity contribution is 5.78. The molecular formula is C10H11N3O. The third-order valence-electron chi connectivity index (χ3n) is 1.97. The normalized spacial score (nSPS) is 10.3. The molecule has 0 radical (unpaired) electrons. The lowest BCUT2D eigenvalue weighted by atomic mass is 10.3. The maximum Gasteiger partial charge on any atom is 0.323 e. The first-order valence-corrected chi connectivity index (χ1v) is 4.36. The highest BCUT2D eigenvalue weighted by atomic mass is 16.1. The predicted molar refractivity (Wildman–Crippen MR) is 57.6 cm³/mol. The van der Waals surface area contributed by atoms with Crippen molar-refractivity contribution in [2.45, 2.75) is 0 Å². The van der Waals surface area contributed by atoms with Gasteiger partial charge in [-0.2, -0.15) is 0 Å². The minimum atomic E-state index is -0.180. The smallest absolute Gasteiger partial charge is 0.323 e. The van der Waals surface area contributed by atoms with Crippen molar-refractivity contribution in [3.63, 3.8) is 0 Å². The van der Waals surface area contributed by atoms with E-state index in [9.17, 15) is 4.79 Å². The Labute approximate surface area is 80.7 Å². The molecule has 0 aliphatic heterocycles. The Balaban J connectivity index is 2.40. The molecule has 0 spiro atoms. The summed E-state index contributed by atoms with van der Waals surface area (Å²) in [5, 5.41) is 3.14. The van der Waals surface area contributed by atoms with Gasteiger partial charge in [0.2, 0.25) is 0 Å². The molecule has 4 heteroatoms.